The topological polar surface area (TPSA) is 49.3 Å². The fraction of sp³-hybridized carbons (Fsp3) is 0.308. The molecule has 17 heavy (non-hydrogen) atoms. The lowest BCUT2D eigenvalue weighted by Gasteiger charge is -2.35. The number of benzene rings is 1. The predicted octanol–water partition coefficient (Wildman–Crippen LogP) is 2.83. The minimum Gasteiger partial charge on any atom is -0.480 e. The number of fused-ring (bicyclic) bond motifs is 3. The molecule has 88 valence electrons. The van der Waals surface area contributed by atoms with E-state index < -0.39 is 12.0 Å². The van der Waals surface area contributed by atoms with Crippen molar-refractivity contribution in [3.8, 4) is 0 Å². The average molecular weight is 341 g/mol. The van der Waals surface area contributed by atoms with Gasteiger partial charge in [0.2, 0.25) is 0 Å². The molecular weight excluding hydrogens is 329 g/mol. The molecule has 1 aliphatic heterocycles. The average Bonchev–Trinajstić information content (AvgIpc) is 2.77. The first-order chi connectivity index (χ1) is 8.18. The molecule has 0 radical (unpaired) electrons. The summed E-state index contributed by atoms with van der Waals surface area (Å²) >= 11 is 2.25. The quantitative estimate of drug-likeness (QED) is 0.610. The first-order valence-corrected chi connectivity index (χ1v) is 6.71. The van der Waals surface area contributed by atoms with Gasteiger partial charge in [-0.1, -0.05) is 24.3 Å². The van der Waals surface area contributed by atoms with Crippen LogP contribution >= 0.6 is 22.6 Å². The van der Waals surface area contributed by atoms with E-state index in [4.69, 9.17) is 0 Å². The highest BCUT2D eigenvalue weighted by molar-refractivity contribution is 14.1. The standard InChI is InChI=1S/C13H12INO2/c14-10-6-2-5-8-7-3-1-4-9(7)12(13(16)17)15-11(8)10/h1-3,5-7,9,12,15H,4H2,(H,16,17)/t7-,9-,12+/m0/s1. The highest BCUT2D eigenvalue weighted by atomic mass is 127. The summed E-state index contributed by atoms with van der Waals surface area (Å²) in [6, 6.07) is 5.66. The van der Waals surface area contributed by atoms with Gasteiger partial charge in [0.1, 0.15) is 6.04 Å². The largest absolute Gasteiger partial charge is 0.480 e. The van der Waals surface area contributed by atoms with Crippen molar-refractivity contribution in [2.45, 2.75) is 18.4 Å². The van der Waals surface area contributed by atoms with Crippen LogP contribution in [0.5, 0.6) is 0 Å². The molecule has 3 atom stereocenters. The third-order valence-electron chi connectivity index (χ3n) is 3.61. The Morgan fingerprint density at radius 2 is 2.29 bits per heavy atom. The van der Waals surface area contributed by atoms with Crippen LogP contribution in [0.1, 0.15) is 17.9 Å². The van der Waals surface area contributed by atoms with Crippen LogP contribution in [0.4, 0.5) is 5.69 Å². The van der Waals surface area contributed by atoms with Gasteiger partial charge < -0.3 is 10.4 Å². The number of aliphatic carboxylic acids is 1. The third-order valence-corrected chi connectivity index (χ3v) is 4.51. The van der Waals surface area contributed by atoms with E-state index in [-0.39, 0.29) is 11.8 Å². The van der Waals surface area contributed by atoms with Gasteiger partial charge in [-0.15, -0.1) is 0 Å². The Labute approximate surface area is 113 Å². The number of carboxylic acids is 1. The molecule has 0 spiro atoms. The van der Waals surface area contributed by atoms with Crippen molar-refractivity contribution in [1.29, 1.82) is 0 Å². The SMILES string of the molecule is O=C(O)[C@@H]1Nc2c(I)cccc2[C@@H]2C=CC[C@H]12. The van der Waals surface area contributed by atoms with Crippen molar-refractivity contribution in [3.05, 3.63) is 39.5 Å². The van der Waals surface area contributed by atoms with Gasteiger partial charge in [-0.05, 0) is 40.6 Å². The number of anilines is 1. The Hall–Kier alpha value is -1.04. The van der Waals surface area contributed by atoms with Crippen molar-refractivity contribution in [2.75, 3.05) is 5.32 Å². The Bertz CT molecular complexity index is 512. The Morgan fingerprint density at radius 3 is 3.06 bits per heavy atom. The number of nitrogens with one attached hydrogen (secondary N) is 1. The molecule has 0 unspecified atom stereocenters. The van der Waals surface area contributed by atoms with Gasteiger partial charge in [-0.3, -0.25) is 0 Å². The van der Waals surface area contributed by atoms with Crippen LogP contribution in [0.15, 0.2) is 30.4 Å². The molecule has 0 fully saturated rings. The zero-order valence-electron chi connectivity index (χ0n) is 9.06. The molecule has 0 bridgehead atoms. The number of allylic oxidation sites excluding steroid dienone is 2. The highest BCUT2D eigenvalue weighted by Gasteiger charge is 2.41. The van der Waals surface area contributed by atoms with E-state index in [9.17, 15) is 9.90 Å². The molecule has 2 N–H and O–H groups in total. The summed E-state index contributed by atoms with van der Waals surface area (Å²) in [5.74, 6) is -0.353. The molecular formula is C13H12INO2. The van der Waals surface area contributed by atoms with Crippen LogP contribution in [0.3, 0.4) is 0 Å². The van der Waals surface area contributed by atoms with E-state index in [1.165, 1.54) is 5.56 Å². The molecule has 1 heterocycles. The van der Waals surface area contributed by atoms with Crippen molar-refractivity contribution >= 4 is 34.2 Å². The first-order valence-electron chi connectivity index (χ1n) is 5.63. The molecule has 1 aromatic rings. The van der Waals surface area contributed by atoms with Gasteiger partial charge in [-0.2, -0.15) is 0 Å². The van der Waals surface area contributed by atoms with Crippen LogP contribution in [0, 0.1) is 9.49 Å². The highest BCUT2D eigenvalue weighted by Crippen LogP contribution is 2.45. The maximum atomic E-state index is 11.3. The van der Waals surface area contributed by atoms with Gasteiger partial charge in [-0.25, -0.2) is 4.79 Å². The Morgan fingerprint density at radius 1 is 1.47 bits per heavy atom. The van der Waals surface area contributed by atoms with E-state index in [0.717, 1.165) is 15.7 Å². The molecule has 1 aliphatic carbocycles. The molecule has 0 aromatic heterocycles. The van der Waals surface area contributed by atoms with Crippen molar-refractivity contribution in [3.63, 3.8) is 0 Å². The Kier molecular flexibility index (Phi) is 2.61. The number of hydrogen-bond donors (Lipinski definition) is 2. The van der Waals surface area contributed by atoms with Crippen molar-refractivity contribution in [2.24, 2.45) is 5.92 Å². The summed E-state index contributed by atoms with van der Waals surface area (Å²) in [7, 11) is 0. The molecule has 4 heteroatoms. The predicted molar refractivity (Wildman–Crippen MR) is 74.2 cm³/mol. The number of halogens is 1. The molecule has 0 saturated heterocycles. The molecule has 0 amide bonds. The van der Waals surface area contributed by atoms with E-state index in [2.05, 4.69) is 46.1 Å². The molecule has 2 aliphatic rings. The van der Waals surface area contributed by atoms with Gasteiger partial charge in [0, 0.05) is 15.4 Å². The molecule has 3 rings (SSSR count). The number of carboxylic acid groups (broad SMARTS) is 1. The van der Waals surface area contributed by atoms with Crippen molar-refractivity contribution in [1.82, 2.24) is 0 Å². The number of hydrogen-bond acceptors (Lipinski definition) is 2. The minimum atomic E-state index is -0.756. The van der Waals surface area contributed by atoms with Gasteiger partial charge in [0.25, 0.3) is 0 Å². The number of para-hydroxylation sites is 1. The number of carbonyl (C=O) groups is 1. The lowest BCUT2D eigenvalue weighted by molar-refractivity contribution is -0.139. The molecule has 0 saturated carbocycles. The summed E-state index contributed by atoms with van der Waals surface area (Å²) in [5.41, 5.74) is 2.22. The smallest absolute Gasteiger partial charge is 0.326 e. The van der Waals surface area contributed by atoms with Crippen LogP contribution in [-0.2, 0) is 4.79 Å². The van der Waals surface area contributed by atoms with E-state index in [1.54, 1.807) is 0 Å². The van der Waals surface area contributed by atoms with Gasteiger partial charge in [0.15, 0.2) is 0 Å². The maximum Gasteiger partial charge on any atom is 0.326 e. The lowest BCUT2D eigenvalue weighted by atomic mass is 9.79. The zero-order chi connectivity index (χ0) is 12.0. The summed E-state index contributed by atoms with van der Waals surface area (Å²) < 4.78 is 1.09. The Balaban J connectivity index is 2.12. The van der Waals surface area contributed by atoms with E-state index >= 15 is 0 Å². The monoisotopic (exact) mass is 341 g/mol. The van der Waals surface area contributed by atoms with E-state index in [1.807, 2.05) is 12.1 Å². The lowest BCUT2D eigenvalue weighted by Crippen LogP contribution is -2.42. The van der Waals surface area contributed by atoms with Gasteiger partial charge >= 0.3 is 5.97 Å². The second kappa shape index (κ2) is 4.01. The fourth-order valence-corrected chi connectivity index (χ4v) is 3.50. The van der Waals surface area contributed by atoms with Crippen LogP contribution in [0.25, 0.3) is 0 Å². The van der Waals surface area contributed by atoms with Crippen LogP contribution in [-0.4, -0.2) is 17.1 Å². The third kappa shape index (κ3) is 1.66. The van der Waals surface area contributed by atoms with Crippen LogP contribution < -0.4 is 5.32 Å². The zero-order valence-corrected chi connectivity index (χ0v) is 11.2. The summed E-state index contributed by atoms with van der Waals surface area (Å²) in [6.45, 7) is 0. The molecule has 1 aromatic carbocycles. The second-order valence-electron chi connectivity index (χ2n) is 4.52. The summed E-state index contributed by atoms with van der Waals surface area (Å²) in [4.78, 5) is 11.3. The normalized spacial score (nSPS) is 29.4. The van der Waals surface area contributed by atoms with Gasteiger partial charge in [0.05, 0.1) is 5.69 Å². The summed E-state index contributed by atoms with van der Waals surface area (Å²) in [6.07, 6.45) is 5.10. The fourth-order valence-electron chi connectivity index (χ4n) is 2.83. The second-order valence-corrected chi connectivity index (χ2v) is 5.68. The minimum absolute atomic E-state index is 0.151. The molecule has 3 nitrogen and oxygen atoms in total. The first kappa shape index (κ1) is 11.1. The summed E-state index contributed by atoms with van der Waals surface area (Å²) in [5, 5.41) is 12.5. The number of rotatable bonds is 1. The maximum absolute atomic E-state index is 11.3. The van der Waals surface area contributed by atoms with Crippen LogP contribution in [0.2, 0.25) is 0 Å². The van der Waals surface area contributed by atoms with E-state index in [0.29, 0.717) is 0 Å². The van der Waals surface area contributed by atoms with Crippen molar-refractivity contribution < 1.29 is 9.90 Å².